The summed E-state index contributed by atoms with van der Waals surface area (Å²) in [4.78, 5) is 15.5. The van der Waals surface area contributed by atoms with Crippen molar-refractivity contribution in [3.8, 4) is 0 Å². The molecule has 0 aliphatic rings. The first-order valence-electron chi connectivity index (χ1n) is 5.32. The molecular formula is C11H14Cl2N2O3. The minimum Gasteiger partial charge on any atom is -0.391 e. The number of nitrogens with zero attached hydrogens (tertiary/aromatic N) is 1. The van der Waals surface area contributed by atoms with Crippen LogP contribution in [0, 0.1) is 0 Å². The van der Waals surface area contributed by atoms with Crippen LogP contribution >= 0.6 is 23.2 Å². The van der Waals surface area contributed by atoms with Crippen molar-refractivity contribution in [2.45, 2.75) is 12.5 Å². The number of aromatic nitrogens is 1. The molecular weight excluding hydrogens is 279 g/mol. The molecule has 1 amide bonds. The molecule has 0 fully saturated rings. The Morgan fingerprint density at radius 3 is 2.89 bits per heavy atom. The smallest absolute Gasteiger partial charge is 0.254 e. The van der Waals surface area contributed by atoms with Gasteiger partial charge < -0.3 is 15.2 Å². The van der Waals surface area contributed by atoms with Gasteiger partial charge in [-0.2, -0.15) is 0 Å². The van der Waals surface area contributed by atoms with E-state index in [2.05, 4.69) is 10.3 Å². The van der Waals surface area contributed by atoms with Crippen molar-refractivity contribution < 1.29 is 14.6 Å². The molecule has 0 radical (unpaired) electrons. The maximum atomic E-state index is 11.7. The number of rotatable bonds is 6. The van der Waals surface area contributed by atoms with Gasteiger partial charge in [-0.15, -0.1) is 0 Å². The summed E-state index contributed by atoms with van der Waals surface area (Å²) in [5, 5.41) is 12.3. The number of ether oxygens (including phenoxy) is 1. The van der Waals surface area contributed by atoms with Gasteiger partial charge in [0.05, 0.1) is 18.3 Å². The zero-order chi connectivity index (χ0) is 13.5. The highest BCUT2D eigenvalue weighted by molar-refractivity contribution is 6.34. The molecule has 1 atom stereocenters. The first kappa shape index (κ1) is 15.2. The summed E-state index contributed by atoms with van der Waals surface area (Å²) in [5.41, 5.74) is 0.252. The van der Waals surface area contributed by atoms with Crippen LogP contribution in [0.3, 0.4) is 0 Å². The number of aliphatic hydroxyl groups is 1. The maximum absolute atomic E-state index is 11.7. The summed E-state index contributed by atoms with van der Waals surface area (Å²) in [5.74, 6) is -0.353. The number of methoxy groups -OCH3 is 1. The minimum atomic E-state index is -0.603. The predicted molar refractivity (Wildman–Crippen MR) is 69.1 cm³/mol. The Hall–Kier alpha value is -0.880. The molecule has 0 aliphatic carbocycles. The molecule has 0 aliphatic heterocycles. The van der Waals surface area contributed by atoms with Crippen molar-refractivity contribution in [2.75, 3.05) is 20.3 Å². The number of hydrogen-bond donors (Lipinski definition) is 2. The van der Waals surface area contributed by atoms with E-state index in [0.717, 1.165) is 0 Å². The predicted octanol–water partition coefficient (Wildman–Crippen LogP) is 1.52. The first-order chi connectivity index (χ1) is 8.54. The summed E-state index contributed by atoms with van der Waals surface area (Å²) in [6.07, 6.45) is -0.202. The van der Waals surface area contributed by atoms with Crippen LogP contribution in [-0.4, -0.2) is 42.4 Å². The van der Waals surface area contributed by atoms with E-state index in [1.807, 2.05) is 0 Å². The summed E-state index contributed by atoms with van der Waals surface area (Å²) >= 11 is 11.4. The molecule has 100 valence electrons. The van der Waals surface area contributed by atoms with Crippen LogP contribution in [0.5, 0.6) is 0 Å². The van der Waals surface area contributed by atoms with Gasteiger partial charge in [-0.3, -0.25) is 4.79 Å². The van der Waals surface area contributed by atoms with Crippen LogP contribution in [0.15, 0.2) is 12.1 Å². The Bertz CT molecular complexity index is 415. The average Bonchev–Trinajstić information content (AvgIpc) is 2.29. The molecule has 0 saturated carbocycles. The lowest BCUT2D eigenvalue weighted by molar-refractivity contribution is 0.0587. The summed E-state index contributed by atoms with van der Waals surface area (Å²) in [7, 11) is 1.50. The van der Waals surface area contributed by atoms with E-state index in [4.69, 9.17) is 27.9 Å². The average molecular weight is 293 g/mol. The van der Waals surface area contributed by atoms with Gasteiger partial charge in [0.25, 0.3) is 5.91 Å². The van der Waals surface area contributed by atoms with Crippen molar-refractivity contribution in [3.63, 3.8) is 0 Å². The molecule has 0 aromatic carbocycles. The Balaban J connectivity index is 2.45. The van der Waals surface area contributed by atoms with Gasteiger partial charge in [-0.1, -0.05) is 23.2 Å². The lowest BCUT2D eigenvalue weighted by Crippen LogP contribution is -2.28. The van der Waals surface area contributed by atoms with Gasteiger partial charge in [-0.05, 0) is 18.6 Å². The molecule has 1 heterocycles. The van der Waals surface area contributed by atoms with Gasteiger partial charge >= 0.3 is 0 Å². The Morgan fingerprint density at radius 1 is 1.56 bits per heavy atom. The zero-order valence-electron chi connectivity index (χ0n) is 9.82. The van der Waals surface area contributed by atoms with Crippen molar-refractivity contribution in [2.24, 2.45) is 0 Å². The number of pyridine rings is 1. The SMILES string of the molecule is COCC(O)CCNC(=O)c1ccc(Cl)nc1Cl. The maximum Gasteiger partial charge on any atom is 0.254 e. The van der Waals surface area contributed by atoms with E-state index in [1.54, 1.807) is 0 Å². The molecule has 18 heavy (non-hydrogen) atoms. The van der Waals surface area contributed by atoms with Crippen molar-refractivity contribution in [1.82, 2.24) is 10.3 Å². The molecule has 0 saturated heterocycles. The number of carbonyl (C=O) groups excluding carboxylic acids is 1. The number of hydrogen-bond acceptors (Lipinski definition) is 4. The van der Waals surface area contributed by atoms with Crippen molar-refractivity contribution in [3.05, 3.63) is 28.0 Å². The standard InChI is InChI=1S/C11H14Cl2N2O3/c1-18-6-7(16)4-5-14-11(17)8-2-3-9(12)15-10(8)13/h2-3,7,16H,4-6H2,1H3,(H,14,17). The van der Waals surface area contributed by atoms with Crippen LogP contribution in [0.1, 0.15) is 16.8 Å². The van der Waals surface area contributed by atoms with Crippen LogP contribution in [-0.2, 0) is 4.74 Å². The Kier molecular flexibility index (Phi) is 6.35. The number of nitrogens with one attached hydrogen (secondary N) is 1. The number of halogens is 2. The monoisotopic (exact) mass is 292 g/mol. The topological polar surface area (TPSA) is 71.5 Å². The second kappa shape index (κ2) is 7.53. The van der Waals surface area contributed by atoms with Crippen LogP contribution in [0.2, 0.25) is 10.3 Å². The number of amides is 1. The molecule has 1 unspecified atom stereocenters. The lowest BCUT2D eigenvalue weighted by Gasteiger charge is -2.10. The molecule has 5 nitrogen and oxygen atoms in total. The van der Waals surface area contributed by atoms with Gasteiger partial charge in [0.1, 0.15) is 10.3 Å². The largest absolute Gasteiger partial charge is 0.391 e. The van der Waals surface area contributed by atoms with Crippen molar-refractivity contribution >= 4 is 29.1 Å². The quantitative estimate of drug-likeness (QED) is 0.780. The zero-order valence-corrected chi connectivity index (χ0v) is 11.3. The normalized spacial score (nSPS) is 12.2. The number of aliphatic hydroxyl groups excluding tert-OH is 1. The fourth-order valence-electron chi connectivity index (χ4n) is 1.30. The van der Waals surface area contributed by atoms with Gasteiger partial charge in [-0.25, -0.2) is 4.98 Å². The highest BCUT2D eigenvalue weighted by Crippen LogP contribution is 2.16. The fraction of sp³-hybridized carbons (Fsp3) is 0.455. The second-order valence-corrected chi connectivity index (χ2v) is 4.37. The van der Waals surface area contributed by atoms with E-state index < -0.39 is 6.10 Å². The number of carbonyl (C=O) groups is 1. The van der Waals surface area contributed by atoms with E-state index in [1.165, 1.54) is 19.2 Å². The first-order valence-corrected chi connectivity index (χ1v) is 6.07. The van der Waals surface area contributed by atoms with Crippen molar-refractivity contribution in [1.29, 1.82) is 0 Å². The van der Waals surface area contributed by atoms with Gasteiger partial charge in [0.2, 0.25) is 0 Å². The molecule has 1 aromatic heterocycles. The van der Waals surface area contributed by atoms with E-state index >= 15 is 0 Å². The third-order valence-corrected chi connectivity index (χ3v) is 2.68. The van der Waals surface area contributed by atoms with Crippen LogP contribution in [0.25, 0.3) is 0 Å². The highest BCUT2D eigenvalue weighted by Gasteiger charge is 2.12. The molecule has 0 bridgehead atoms. The third-order valence-electron chi connectivity index (χ3n) is 2.18. The van der Waals surface area contributed by atoms with Crippen LogP contribution < -0.4 is 5.32 Å². The highest BCUT2D eigenvalue weighted by atomic mass is 35.5. The summed E-state index contributed by atoms with van der Waals surface area (Å²) in [6.45, 7) is 0.557. The molecule has 1 rings (SSSR count). The lowest BCUT2D eigenvalue weighted by atomic mass is 10.2. The Morgan fingerprint density at radius 2 is 2.28 bits per heavy atom. The van der Waals surface area contributed by atoms with E-state index in [9.17, 15) is 9.90 Å². The minimum absolute atomic E-state index is 0.0532. The van der Waals surface area contributed by atoms with Gasteiger partial charge in [0.15, 0.2) is 0 Å². The fourth-order valence-corrected chi connectivity index (χ4v) is 1.74. The summed E-state index contributed by atoms with van der Waals surface area (Å²) in [6, 6.07) is 2.99. The molecule has 7 heteroatoms. The third kappa shape index (κ3) is 4.78. The molecule has 2 N–H and O–H groups in total. The molecule has 0 spiro atoms. The second-order valence-electron chi connectivity index (χ2n) is 3.63. The van der Waals surface area contributed by atoms with Crippen LogP contribution in [0.4, 0.5) is 0 Å². The summed E-state index contributed by atoms with van der Waals surface area (Å²) < 4.78 is 4.77. The van der Waals surface area contributed by atoms with Gasteiger partial charge in [0, 0.05) is 13.7 Å². The molecule has 1 aromatic rings. The van der Waals surface area contributed by atoms with E-state index in [-0.39, 0.29) is 28.4 Å². The van der Waals surface area contributed by atoms with E-state index in [0.29, 0.717) is 13.0 Å². The Labute approximate surface area is 115 Å².